The first-order chi connectivity index (χ1) is 6.45. The van der Waals surface area contributed by atoms with Gasteiger partial charge in [0.1, 0.15) is 0 Å². The summed E-state index contributed by atoms with van der Waals surface area (Å²) in [7, 11) is 0. The van der Waals surface area contributed by atoms with Crippen LogP contribution in [0.15, 0.2) is 36.5 Å². The van der Waals surface area contributed by atoms with Crippen molar-refractivity contribution in [2.45, 2.75) is 6.54 Å². The molecule has 1 aliphatic heterocycles. The van der Waals surface area contributed by atoms with Gasteiger partial charge in [-0.3, -0.25) is 0 Å². The molecule has 0 unspecified atom stereocenters. The normalized spacial score (nSPS) is 14.2. The minimum atomic E-state index is 0.906. The van der Waals surface area contributed by atoms with Crippen LogP contribution >= 0.6 is 0 Å². The second-order valence-electron chi connectivity index (χ2n) is 3.08. The van der Waals surface area contributed by atoms with Gasteiger partial charge in [-0.25, -0.2) is 4.98 Å². The van der Waals surface area contributed by atoms with Gasteiger partial charge in [0.05, 0.1) is 11.0 Å². The van der Waals surface area contributed by atoms with Gasteiger partial charge < -0.3 is 9.88 Å². The highest BCUT2D eigenvalue weighted by Crippen LogP contribution is 2.21. The van der Waals surface area contributed by atoms with Gasteiger partial charge in [0, 0.05) is 12.7 Å². The van der Waals surface area contributed by atoms with Gasteiger partial charge >= 0.3 is 0 Å². The molecule has 3 rings (SSSR count). The van der Waals surface area contributed by atoms with E-state index in [-0.39, 0.29) is 0 Å². The van der Waals surface area contributed by atoms with Crippen LogP contribution in [-0.4, -0.2) is 9.55 Å². The van der Waals surface area contributed by atoms with Gasteiger partial charge in [0.25, 0.3) is 0 Å². The number of hydrogen-bond acceptors (Lipinski definition) is 2. The summed E-state index contributed by atoms with van der Waals surface area (Å²) < 4.78 is 2.16. The molecule has 64 valence electrons. The number of imidazole rings is 1. The van der Waals surface area contributed by atoms with Gasteiger partial charge in [0.2, 0.25) is 5.95 Å². The molecular weight excluding hydrogens is 162 g/mol. The van der Waals surface area contributed by atoms with Crippen LogP contribution in [0.1, 0.15) is 0 Å². The predicted molar refractivity (Wildman–Crippen MR) is 52.5 cm³/mol. The molecule has 0 amide bonds. The molecule has 0 aliphatic carbocycles. The second-order valence-corrected chi connectivity index (χ2v) is 3.08. The standard InChI is InChI=1S/C10H9N3/c1-2-5-9-8(4-1)12-10-11-6-3-7-13(9)10/h1-6H,7H2,(H,11,12). The Morgan fingerprint density at radius 2 is 2.23 bits per heavy atom. The average molecular weight is 171 g/mol. The van der Waals surface area contributed by atoms with Crippen LogP contribution in [0.25, 0.3) is 11.0 Å². The van der Waals surface area contributed by atoms with Crippen molar-refractivity contribution < 1.29 is 0 Å². The molecule has 0 saturated heterocycles. The van der Waals surface area contributed by atoms with Crippen LogP contribution in [0.2, 0.25) is 0 Å². The molecule has 0 saturated carbocycles. The molecule has 1 aromatic heterocycles. The summed E-state index contributed by atoms with van der Waals surface area (Å²) in [4.78, 5) is 4.45. The molecule has 1 aromatic carbocycles. The van der Waals surface area contributed by atoms with Crippen molar-refractivity contribution in [1.29, 1.82) is 0 Å². The highest BCUT2D eigenvalue weighted by molar-refractivity contribution is 5.79. The molecule has 13 heavy (non-hydrogen) atoms. The molecule has 0 bridgehead atoms. The summed E-state index contributed by atoms with van der Waals surface area (Å²) >= 11 is 0. The Morgan fingerprint density at radius 1 is 1.31 bits per heavy atom. The third kappa shape index (κ3) is 0.869. The number of nitrogens with one attached hydrogen (secondary N) is 1. The van der Waals surface area contributed by atoms with E-state index in [0.29, 0.717) is 0 Å². The Morgan fingerprint density at radius 3 is 3.23 bits per heavy atom. The zero-order chi connectivity index (χ0) is 8.67. The number of benzene rings is 1. The van der Waals surface area contributed by atoms with Gasteiger partial charge in [-0.2, -0.15) is 0 Å². The summed E-state index contributed by atoms with van der Waals surface area (Å²) in [6, 6.07) is 8.17. The molecular formula is C10H9N3. The van der Waals surface area contributed by atoms with Gasteiger partial charge in [-0.15, -0.1) is 0 Å². The van der Waals surface area contributed by atoms with E-state index in [1.807, 2.05) is 24.4 Å². The topological polar surface area (TPSA) is 29.9 Å². The maximum Gasteiger partial charge on any atom is 0.208 e. The highest BCUT2D eigenvalue weighted by atomic mass is 15.2. The fraction of sp³-hybridized carbons (Fsp3) is 0.100. The van der Waals surface area contributed by atoms with Gasteiger partial charge in [-0.1, -0.05) is 12.1 Å². The Balaban J connectivity index is 2.37. The van der Waals surface area contributed by atoms with E-state index in [1.165, 1.54) is 5.52 Å². The van der Waals surface area contributed by atoms with Crippen molar-refractivity contribution in [3.63, 3.8) is 0 Å². The first kappa shape index (κ1) is 6.71. The van der Waals surface area contributed by atoms with Crippen LogP contribution in [-0.2, 0) is 6.54 Å². The maximum absolute atomic E-state index is 4.45. The molecule has 2 heterocycles. The zero-order valence-electron chi connectivity index (χ0n) is 7.07. The minimum absolute atomic E-state index is 0.906. The van der Waals surface area contributed by atoms with Gasteiger partial charge in [-0.05, 0) is 18.2 Å². The lowest BCUT2D eigenvalue weighted by Crippen LogP contribution is -2.06. The van der Waals surface area contributed by atoms with E-state index in [0.717, 1.165) is 18.0 Å². The van der Waals surface area contributed by atoms with E-state index in [1.54, 1.807) is 0 Å². The Kier molecular flexibility index (Phi) is 1.22. The number of aromatic nitrogens is 2. The van der Waals surface area contributed by atoms with Crippen molar-refractivity contribution in [2.24, 2.45) is 0 Å². The SMILES string of the molecule is C1=CNc2nc3ccccc3n2C1. The number of nitrogens with zero attached hydrogens (tertiary/aromatic N) is 2. The van der Waals surface area contributed by atoms with E-state index in [2.05, 4.69) is 27.0 Å². The van der Waals surface area contributed by atoms with Gasteiger partial charge in [0.15, 0.2) is 0 Å². The number of anilines is 1. The van der Waals surface area contributed by atoms with Crippen molar-refractivity contribution in [3.05, 3.63) is 36.5 Å². The van der Waals surface area contributed by atoms with Crippen molar-refractivity contribution in [3.8, 4) is 0 Å². The number of para-hydroxylation sites is 2. The third-order valence-corrected chi connectivity index (χ3v) is 2.27. The Bertz CT molecular complexity index is 482. The second kappa shape index (κ2) is 2.36. The smallest absolute Gasteiger partial charge is 0.208 e. The molecule has 0 spiro atoms. The molecule has 3 heteroatoms. The molecule has 2 aromatic rings. The Labute approximate surface area is 75.7 Å². The van der Waals surface area contributed by atoms with E-state index in [9.17, 15) is 0 Å². The summed E-state index contributed by atoms with van der Waals surface area (Å²) in [5.74, 6) is 0.934. The summed E-state index contributed by atoms with van der Waals surface area (Å²) in [6.07, 6.45) is 4.02. The first-order valence-corrected chi connectivity index (χ1v) is 4.32. The van der Waals surface area contributed by atoms with Crippen molar-refractivity contribution >= 4 is 17.0 Å². The van der Waals surface area contributed by atoms with Crippen LogP contribution < -0.4 is 5.32 Å². The Hall–Kier alpha value is -1.77. The van der Waals surface area contributed by atoms with Crippen LogP contribution in [0.5, 0.6) is 0 Å². The monoisotopic (exact) mass is 171 g/mol. The number of hydrogen-bond donors (Lipinski definition) is 1. The number of fused-ring (bicyclic) bond motifs is 3. The lowest BCUT2D eigenvalue weighted by Gasteiger charge is -2.09. The molecule has 3 nitrogen and oxygen atoms in total. The lowest BCUT2D eigenvalue weighted by molar-refractivity contribution is 0.841. The minimum Gasteiger partial charge on any atom is -0.332 e. The van der Waals surface area contributed by atoms with E-state index in [4.69, 9.17) is 0 Å². The highest BCUT2D eigenvalue weighted by Gasteiger charge is 2.09. The molecule has 1 aliphatic rings. The molecule has 1 N–H and O–H groups in total. The van der Waals surface area contributed by atoms with Crippen molar-refractivity contribution in [1.82, 2.24) is 9.55 Å². The molecule has 0 atom stereocenters. The van der Waals surface area contributed by atoms with Crippen molar-refractivity contribution in [2.75, 3.05) is 5.32 Å². The summed E-state index contributed by atoms with van der Waals surface area (Å²) in [6.45, 7) is 0.906. The molecule has 0 fully saturated rings. The quantitative estimate of drug-likeness (QED) is 0.656. The lowest BCUT2D eigenvalue weighted by atomic mass is 10.3. The predicted octanol–water partition coefficient (Wildman–Crippen LogP) is 1.98. The van der Waals surface area contributed by atoms with Crippen LogP contribution in [0.3, 0.4) is 0 Å². The van der Waals surface area contributed by atoms with Crippen LogP contribution in [0, 0.1) is 0 Å². The largest absolute Gasteiger partial charge is 0.332 e. The first-order valence-electron chi connectivity index (χ1n) is 4.32. The fourth-order valence-corrected chi connectivity index (χ4v) is 1.66. The summed E-state index contributed by atoms with van der Waals surface area (Å²) in [5, 5.41) is 3.12. The number of rotatable bonds is 0. The fourth-order valence-electron chi connectivity index (χ4n) is 1.66. The van der Waals surface area contributed by atoms with E-state index < -0.39 is 0 Å². The average Bonchev–Trinajstić information content (AvgIpc) is 2.56. The maximum atomic E-state index is 4.45. The summed E-state index contributed by atoms with van der Waals surface area (Å²) in [5.41, 5.74) is 2.24. The third-order valence-electron chi connectivity index (χ3n) is 2.27. The van der Waals surface area contributed by atoms with Crippen LogP contribution in [0.4, 0.5) is 5.95 Å². The zero-order valence-corrected chi connectivity index (χ0v) is 7.07. The van der Waals surface area contributed by atoms with E-state index >= 15 is 0 Å². The number of allylic oxidation sites excluding steroid dienone is 1. The molecule has 0 radical (unpaired) electrons.